The molecule has 1 N–H and O–H groups in total. The summed E-state index contributed by atoms with van der Waals surface area (Å²) in [6.07, 6.45) is 3.29. The lowest BCUT2D eigenvalue weighted by Gasteiger charge is -2.29. The van der Waals surface area contributed by atoms with Gasteiger partial charge in [0.1, 0.15) is 5.69 Å². The quantitative estimate of drug-likeness (QED) is 0.932. The molecule has 1 aliphatic rings. The van der Waals surface area contributed by atoms with Gasteiger partial charge in [-0.15, -0.1) is 11.3 Å². The van der Waals surface area contributed by atoms with E-state index in [9.17, 15) is 0 Å². The van der Waals surface area contributed by atoms with Gasteiger partial charge >= 0.3 is 0 Å². The van der Waals surface area contributed by atoms with Crippen LogP contribution in [0.1, 0.15) is 26.0 Å². The Morgan fingerprint density at radius 3 is 3.21 bits per heavy atom. The van der Waals surface area contributed by atoms with Gasteiger partial charge in [0.2, 0.25) is 5.88 Å². The van der Waals surface area contributed by atoms with Crippen molar-refractivity contribution in [1.29, 1.82) is 0 Å². The molecule has 2 atom stereocenters. The molecule has 19 heavy (non-hydrogen) atoms. The molecule has 0 aliphatic carbocycles. The summed E-state index contributed by atoms with van der Waals surface area (Å²) in [6, 6.07) is 0. The minimum atomic E-state index is 0.0190. The fourth-order valence-electron chi connectivity index (χ4n) is 2.49. The first kappa shape index (κ1) is 12.9. The number of hydrogen-bond acceptors (Lipinski definition) is 5. The number of thiazole rings is 1. The molecule has 1 saturated heterocycles. The lowest BCUT2D eigenvalue weighted by molar-refractivity contribution is 0.0879. The van der Waals surface area contributed by atoms with Crippen molar-refractivity contribution >= 4 is 16.3 Å². The second kappa shape index (κ2) is 4.77. The van der Waals surface area contributed by atoms with Crippen molar-refractivity contribution in [2.45, 2.75) is 38.5 Å². The molecule has 5 nitrogen and oxygen atoms in total. The van der Waals surface area contributed by atoms with Crippen LogP contribution >= 0.6 is 11.3 Å². The lowest BCUT2D eigenvalue weighted by Crippen LogP contribution is -2.47. The normalized spacial score (nSPS) is 27.2. The summed E-state index contributed by atoms with van der Waals surface area (Å²) < 4.78 is 13.1. The Morgan fingerprint density at radius 1 is 1.68 bits per heavy atom. The number of hydrogen-bond donors (Lipinski definition) is 1. The van der Waals surface area contributed by atoms with E-state index in [1.54, 1.807) is 18.4 Å². The summed E-state index contributed by atoms with van der Waals surface area (Å²) in [5, 5.41) is 5.64. The number of aromatic nitrogens is 2. The summed E-state index contributed by atoms with van der Waals surface area (Å²) in [6.45, 7) is 5.88. The van der Waals surface area contributed by atoms with E-state index < -0.39 is 0 Å². The van der Waals surface area contributed by atoms with E-state index in [1.165, 1.54) is 0 Å². The third kappa shape index (κ3) is 2.13. The number of imidazole rings is 1. The first-order valence-electron chi connectivity index (χ1n) is 6.49. The molecule has 0 bridgehead atoms. The van der Waals surface area contributed by atoms with Gasteiger partial charge in [0.05, 0.1) is 13.2 Å². The maximum absolute atomic E-state index is 5.65. The van der Waals surface area contributed by atoms with E-state index in [4.69, 9.17) is 9.47 Å². The molecule has 1 aliphatic heterocycles. The van der Waals surface area contributed by atoms with Crippen molar-refractivity contribution in [3.63, 3.8) is 0 Å². The predicted octanol–water partition coefficient (Wildman–Crippen LogP) is 2.06. The Labute approximate surface area is 116 Å². The third-order valence-electron chi connectivity index (χ3n) is 4.06. The van der Waals surface area contributed by atoms with Crippen LogP contribution in [0.15, 0.2) is 11.6 Å². The van der Waals surface area contributed by atoms with Crippen LogP contribution in [-0.2, 0) is 11.3 Å². The molecular formula is C13H19N3O2S. The second-order valence-corrected chi connectivity index (χ2v) is 6.03. The molecule has 2 unspecified atom stereocenters. The van der Waals surface area contributed by atoms with Crippen LogP contribution in [0.2, 0.25) is 0 Å². The van der Waals surface area contributed by atoms with Crippen molar-refractivity contribution in [2.24, 2.45) is 0 Å². The Bertz CT molecular complexity index is 579. The Kier molecular flexibility index (Phi) is 3.24. The van der Waals surface area contributed by atoms with Crippen LogP contribution in [0, 0.1) is 0 Å². The third-order valence-corrected chi connectivity index (χ3v) is 4.82. The van der Waals surface area contributed by atoms with E-state index in [2.05, 4.69) is 28.5 Å². The van der Waals surface area contributed by atoms with Crippen LogP contribution in [0.4, 0.5) is 0 Å². The molecule has 0 amide bonds. The molecule has 6 heteroatoms. The summed E-state index contributed by atoms with van der Waals surface area (Å²) in [5.74, 6) is 0.703. The molecular weight excluding hydrogens is 262 g/mol. The monoisotopic (exact) mass is 281 g/mol. The van der Waals surface area contributed by atoms with Gasteiger partial charge in [0, 0.05) is 30.3 Å². The Morgan fingerprint density at radius 2 is 2.53 bits per heavy atom. The SMILES string of the molecule is COc1nc2sccn2c1CNC1(C)CCOC1C. The topological polar surface area (TPSA) is 47.8 Å². The molecule has 2 aromatic heterocycles. The zero-order chi connectivity index (χ0) is 13.5. The molecule has 3 heterocycles. The highest BCUT2D eigenvalue weighted by Crippen LogP contribution is 2.28. The first-order chi connectivity index (χ1) is 9.14. The first-order valence-corrected chi connectivity index (χ1v) is 7.37. The highest BCUT2D eigenvalue weighted by Gasteiger charge is 2.36. The molecule has 0 radical (unpaired) electrons. The van der Waals surface area contributed by atoms with Gasteiger partial charge in [-0.2, -0.15) is 4.98 Å². The molecule has 104 valence electrons. The van der Waals surface area contributed by atoms with Gasteiger partial charge in [0.25, 0.3) is 0 Å². The van der Waals surface area contributed by atoms with Crippen LogP contribution in [0.5, 0.6) is 5.88 Å². The number of nitrogens with one attached hydrogen (secondary N) is 1. The number of ether oxygens (including phenoxy) is 2. The van der Waals surface area contributed by atoms with Gasteiger partial charge < -0.3 is 14.8 Å². The zero-order valence-corrected chi connectivity index (χ0v) is 12.3. The van der Waals surface area contributed by atoms with Gasteiger partial charge in [0.15, 0.2) is 4.96 Å². The maximum atomic E-state index is 5.65. The summed E-state index contributed by atoms with van der Waals surface area (Å²) in [4.78, 5) is 5.43. The van der Waals surface area contributed by atoms with Gasteiger partial charge in [-0.3, -0.25) is 4.40 Å². The second-order valence-electron chi connectivity index (χ2n) is 5.16. The van der Waals surface area contributed by atoms with Crippen molar-refractivity contribution in [2.75, 3.05) is 13.7 Å². The van der Waals surface area contributed by atoms with E-state index in [-0.39, 0.29) is 11.6 Å². The summed E-state index contributed by atoms with van der Waals surface area (Å²) in [5.41, 5.74) is 1.09. The van der Waals surface area contributed by atoms with Gasteiger partial charge in [-0.25, -0.2) is 0 Å². The number of nitrogens with zero attached hydrogens (tertiary/aromatic N) is 2. The average molecular weight is 281 g/mol. The van der Waals surface area contributed by atoms with E-state index in [0.717, 1.165) is 30.2 Å². The van der Waals surface area contributed by atoms with Crippen LogP contribution in [-0.4, -0.2) is 34.7 Å². The van der Waals surface area contributed by atoms with E-state index in [1.807, 2.05) is 11.6 Å². The summed E-state index contributed by atoms with van der Waals surface area (Å²) in [7, 11) is 1.67. The predicted molar refractivity (Wildman–Crippen MR) is 74.9 cm³/mol. The average Bonchev–Trinajstić information content (AvgIpc) is 3.03. The molecule has 1 fully saturated rings. The Balaban J connectivity index is 1.83. The highest BCUT2D eigenvalue weighted by atomic mass is 32.1. The van der Waals surface area contributed by atoms with Crippen molar-refractivity contribution < 1.29 is 9.47 Å². The fourth-order valence-corrected chi connectivity index (χ4v) is 3.21. The van der Waals surface area contributed by atoms with Gasteiger partial charge in [-0.05, 0) is 20.3 Å². The van der Waals surface area contributed by atoms with Crippen molar-refractivity contribution in [1.82, 2.24) is 14.7 Å². The minimum Gasteiger partial charge on any atom is -0.480 e. The highest BCUT2D eigenvalue weighted by molar-refractivity contribution is 7.15. The largest absolute Gasteiger partial charge is 0.480 e. The number of methoxy groups -OCH3 is 1. The smallest absolute Gasteiger partial charge is 0.237 e. The fraction of sp³-hybridized carbons (Fsp3) is 0.615. The Hall–Kier alpha value is -1.11. The maximum Gasteiger partial charge on any atom is 0.237 e. The van der Waals surface area contributed by atoms with Gasteiger partial charge in [-0.1, -0.05) is 0 Å². The van der Waals surface area contributed by atoms with Crippen molar-refractivity contribution in [3.8, 4) is 5.88 Å². The number of rotatable bonds is 4. The number of fused-ring (bicyclic) bond motifs is 1. The van der Waals surface area contributed by atoms with Crippen LogP contribution in [0.3, 0.4) is 0 Å². The van der Waals surface area contributed by atoms with Crippen LogP contribution in [0.25, 0.3) is 4.96 Å². The van der Waals surface area contributed by atoms with E-state index in [0.29, 0.717) is 5.88 Å². The zero-order valence-electron chi connectivity index (χ0n) is 11.5. The van der Waals surface area contributed by atoms with Crippen LogP contribution < -0.4 is 10.1 Å². The van der Waals surface area contributed by atoms with Crippen molar-refractivity contribution in [3.05, 3.63) is 17.3 Å². The summed E-state index contributed by atoms with van der Waals surface area (Å²) >= 11 is 1.61. The molecule has 0 saturated carbocycles. The molecule has 3 rings (SSSR count). The standard InChI is InChI=1S/C13H19N3O2S/c1-9-13(2,4-6-18-9)14-8-10-11(17-3)15-12-16(10)5-7-19-12/h5,7,9,14H,4,6,8H2,1-3H3. The molecule has 0 aromatic carbocycles. The molecule has 2 aromatic rings. The lowest BCUT2D eigenvalue weighted by atomic mass is 9.94. The minimum absolute atomic E-state index is 0.0190. The van der Waals surface area contributed by atoms with E-state index >= 15 is 0 Å². The molecule has 0 spiro atoms.